The van der Waals surface area contributed by atoms with Gasteiger partial charge in [0.2, 0.25) is 5.78 Å². The Hall–Kier alpha value is -7.02. The van der Waals surface area contributed by atoms with Gasteiger partial charge in [-0.2, -0.15) is 0 Å². The van der Waals surface area contributed by atoms with Crippen molar-refractivity contribution in [3.63, 3.8) is 0 Å². The lowest BCUT2D eigenvalue weighted by Gasteiger charge is -2.35. The number of aromatic nitrogens is 6. The van der Waals surface area contributed by atoms with Crippen LogP contribution in [0.5, 0.6) is 23.0 Å². The number of aromatic carboxylic acids is 1. The van der Waals surface area contributed by atoms with Crippen LogP contribution < -0.4 is 18.9 Å². The molecular weight excluding hydrogens is 989 g/mol. The summed E-state index contributed by atoms with van der Waals surface area (Å²) in [6.45, 7) is 9.99. The third-order valence-corrected chi connectivity index (χ3v) is 15.3. The molecule has 3 aliphatic rings. The van der Waals surface area contributed by atoms with Crippen LogP contribution in [-0.4, -0.2) is 153 Å². The summed E-state index contributed by atoms with van der Waals surface area (Å²) in [6, 6.07) is 5.04. The summed E-state index contributed by atoms with van der Waals surface area (Å²) in [7, 11) is 6.24. The molecule has 374 valence electrons. The third kappa shape index (κ3) is 9.22. The summed E-state index contributed by atoms with van der Waals surface area (Å²) >= 11 is 3.63. The highest BCUT2D eigenvalue weighted by atomic mass is 32.1. The molecule has 8 heterocycles. The lowest BCUT2D eigenvalue weighted by Crippen LogP contribution is -2.48. The second-order valence-corrected chi connectivity index (χ2v) is 20.2. The molecule has 2 saturated heterocycles. The zero-order valence-electron chi connectivity index (χ0n) is 40.2. The molecule has 0 radical (unpaired) electrons. The Morgan fingerprint density at radius 3 is 1.40 bits per heavy atom. The van der Waals surface area contributed by atoms with Crippen LogP contribution in [0, 0.1) is 0 Å². The van der Waals surface area contributed by atoms with E-state index in [2.05, 4.69) is 29.9 Å². The van der Waals surface area contributed by atoms with Crippen molar-refractivity contribution < 1.29 is 57.8 Å². The number of hydrogen-bond donors (Lipinski definition) is 2. The maximum absolute atomic E-state index is 13.1. The van der Waals surface area contributed by atoms with Gasteiger partial charge in [-0.05, 0) is 45.9 Å². The number of aliphatic hydroxyl groups excluding tert-OH is 1. The van der Waals surface area contributed by atoms with E-state index in [4.69, 9.17) is 33.5 Å². The summed E-state index contributed by atoms with van der Waals surface area (Å²) < 4.78 is 34.9. The van der Waals surface area contributed by atoms with E-state index in [0.717, 1.165) is 32.8 Å². The highest BCUT2D eigenvalue weighted by molar-refractivity contribution is 7.21. The highest BCUT2D eigenvalue weighted by Crippen LogP contribution is 2.47. The molecule has 8 aromatic rings. The Labute approximate surface area is 423 Å². The van der Waals surface area contributed by atoms with Crippen molar-refractivity contribution in [1.29, 1.82) is 0 Å². The van der Waals surface area contributed by atoms with Gasteiger partial charge in [0.05, 0.1) is 76.9 Å². The quantitative estimate of drug-likeness (QED) is 0.162. The molecule has 20 nitrogen and oxygen atoms in total. The Morgan fingerprint density at radius 1 is 0.569 bits per heavy atom. The van der Waals surface area contributed by atoms with E-state index in [1.165, 1.54) is 38.0 Å². The van der Waals surface area contributed by atoms with Crippen LogP contribution >= 0.6 is 34.0 Å². The first-order valence-electron chi connectivity index (χ1n) is 22.5. The van der Waals surface area contributed by atoms with Gasteiger partial charge in [-0.3, -0.25) is 19.4 Å². The third-order valence-electron chi connectivity index (χ3n) is 11.9. The molecule has 11 rings (SSSR count). The maximum atomic E-state index is 13.1. The number of rotatable bonds is 7. The lowest BCUT2D eigenvalue weighted by atomic mass is 9.95. The van der Waals surface area contributed by atoms with E-state index in [1.807, 2.05) is 38.7 Å². The van der Waals surface area contributed by atoms with Gasteiger partial charge in [-0.1, -0.05) is 0 Å². The summed E-state index contributed by atoms with van der Waals surface area (Å²) in [5, 5.41) is 21.2. The average molecular weight is 1040 g/mol. The van der Waals surface area contributed by atoms with Crippen LogP contribution in [0.1, 0.15) is 89.4 Å². The summed E-state index contributed by atoms with van der Waals surface area (Å²) in [5.74, 6) is 0.804. The standard InChI is InChI=1S/C19H21N3O4S.C17H17N3O4S.C13H10N2O4S/c1-10-8-22(9-11(2)26-10)19(23)13-7-12-16(24-3)14-15(21-6-5-20-14)17(25-4)18(12)27-13;1-8-6-20(7-9(2)24-8)17(23)11-5-10-14(21)12-13(19-4-3-18-12)15(22)16(10)25-11;1-18-10-6-5-7(13(16)17)20-12(6)11(19-2)9-8(10)14-3-4-15-9/h5-7,10-11H,8-9H2,1-4H3;3-5,8-9,14,21H,6-7H2,1-2H3;3-5H,1-2H3,(H,16,17)/t10-,11+;8-,9+,14?;. The maximum Gasteiger partial charge on any atom is 0.345 e. The van der Waals surface area contributed by atoms with Crippen LogP contribution in [0.25, 0.3) is 42.2 Å². The van der Waals surface area contributed by atoms with E-state index < -0.39 is 12.1 Å². The van der Waals surface area contributed by atoms with Crippen LogP contribution in [0.3, 0.4) is 0 Å². The lowest BCUT2D eigenvalue weighted by molar-refractivity contribution is -0.0585. The predicted octanol–water partition coefficient (Wildman–Crippen LogP) is 7.08. The van der Waals surface area contributed by atoms with E-state index >= 15 is 0 Å². The highest BCUT2D eigenvalue weighted by Gasteiger charge is 2.37. The van der Waals surface area contributed by atoms with Gasteiger partial charge >= 0.3 is 5.97 Å². The number of carboxylic acids is 1. The van der Waals surface area contributed by atoms with E-state index in [0.29, 0.717) is 102 Å². The molecule has 5 atom stereocenters. The Bertz CT molecular complexity index is 3280. The topological polar surface area (TPSA) is 248 Å². The number of thiophene rings is 3. The molecule has 0 bridgehead atoms. The number of ether oxygens (including phenoxy) is 6. The van der Waals surface area contributed by atoms with Crippen LogP contribution in [0.2, 0.25) is 0 Å². The zero-order valence-corrected chi connectivity index (χ0v) is 42.6. The molecular formula is C49H48N8O12S3. The van der Waals surface area contributed by atoms with Gasteiger partial charge in [0, 0.05) is 79.7 Å². The number of methoxy groups -OCH3 is 4. The predicted molar refractivity (Wildman–Crippen MR) is 269 cm³/mol. The molecule has 2 N–H and O–H groups in total. The fourth-order valence-corrected chi connectivity index (χ4v) is 12.4. The van der Waals surface area contributed by atoms with Crippen molar-refractivity contribution in [1.82, 2.24) is 39.7 Å². The van der Waals surface area contributed by atoms with Crippen LogP contribution in [0.15, 0.2) is 55.4 Å². The molecule has 72 heavy (non-hydrogen) atoms. The minimum Gasteiger partial charge on any atom is -0.494 e. The number of morpholine rings is 2. The largest absolute Gasteiger partial charge is 0.494 e. The van der Waals surface area contributed by atoms with Gasteiger partial charge in [0.25, 0.3) is 11.8 Å². The van der Waals surface area contributed by atoms with Crippen molar-refractivity contribution in [2.75, 3.05) is 54.6 Å². The second kappa shape index (κ2) is 20.6. The molecule has 2 aromatic carbocycles. The van der Waals surface area contributed by atoms with E-state index in [9.17, 15) is 24.3 Å². The van der Waals surface area contributed by atoms with Crippen molar-refractivity contribution in [3.8, 4) is 23.0 Å². The fraction of sp³-hybridized carbons (Fsp3) is 0.347. The number of benzene rings is 2. The molecule has 2 amide bonds. The molecule has 1 aliphatic carbocycles. The minimum absolute atomic E-state index is 0.00715. The molecule has 1 unspecified atom stereocenters. The fourth-order valence-electron chi connectivity index (χ4n) is 9.14. The smallest absolute Gasteiger partial charge is 0.345 e. The van der Waals surface area contributed by atoms with Crippen molar-refractivity contribution in [2.45, 2.75) is 58.2 Å². The molecule has 0 saturated carbocycles. The number of carbonyl (C=O) groups is 4. The number of nitrogens with zero attached hydrogens (tertiary/aromatic N) is 8. The summed E-state index contributed by atoms with van der Waals surface area (Å²) in [6.07, 6.45) is 8.13. The number of ketones is 1. The number of amides is 2. The second-order valence-electron chi connectivity index (χ2n) is 17.0. The number of aliphatic hydroxyl groups is 1. The average Bonchev–Trinajstić information content (AvgIpc) is 4.15. The molecule has 2 fully saturated rings. The first kappa shape index (κ1) is 49.9. The van der Waals surface area contributed by atoms with E-state index in [1.54, 1.807) is 56.0 Å². The van der Waals surface area contributed by atoms with Crippen molar-refractivity contribution in [2.24, 2.45) is 0 Å². The van der Waals surface area contributed by atoms with Gasteiger partial charge in [0.15, 0.2) is 23.0 Å². The molecule has 6 aromatic heterocycles. The first-order valence-corrected chi connectivity index (χ1v) is 25.0. The summed E-state index contributed by atoms with van der Waals surface area (Å²) in [5.41, 5.74) is 3.17. The minimum atomic E-state index is -1.04. The Kier molecular flexibility index (Phi) is 14.3. The Balaban J connectivity index is 0.000000135. The molecule has 0 spiro atoms. The molecule has 2 aliphatic heterocycles. The number of carbonyl (C=O) groups excluding carboxylic acids is 3. The van der Waals surface area contributed by atoms with Gasteiger partial charge in [-0.15, -0.1) is 34.0 Å². The van der Waals surface area contributed by atoms with Crippen molar-refractivity contribution in [3.05, 3.63) is 91.8 Å². The SMILES string of the molecule is COc1c2cc(C(=O)N3C[C@@H](C)O[C@@H](C)C3)sc2c(OC)c2nccnc12.COc1c2cc(C(=O)O)sc2c(OC)c2nccnc12.C[C@@H]1CN(C(=O)c2cc3c(s2)C(=O)c2nccnc2C3O)C[C@H](C)O1. The first-order chi connectivity index (χ1) is 34.6. The monoisotopic (exact) mass is 1040 g/mol. The van der Waals surface area contributed by atoms with Gasteiger partial charge < -0.3 is 48.4 Å². The summed E-state index contributed by atoms with van der Waals surface area (Å²) in [4.78, 5) is 80.4. The van der Waals surface area contributed by atoms with Gasteiger partial charge in [0.1, 0.15) is 44.4 Å². The van der Waals surface area contributed by atoms with Crippen LogP contribution in [0.4, 0.5) is 0 Å². The van der Waals surface area contributed by atoms with Gasteiger partial charge in [-0.25, -0.2) is 29.7 Å². The number of hydrogen-bond acceptors (Lipinski definition) is 20. The van der Waals surface area contributed by atoms with Crippen LogP contribution in [-0.2, 0) is 9.47 Å². The van der Waals surface area contributed by atoms with Crippen molar-refractivity contribution >= 4 is 99.8 Å². The molecule has 23 heteroatoms. The van der Waals surface area contributed by atoms with E-state index in [-0.39, 0.29) is 58.3 Å². The zero-order chi connectivity index (χ0) is 51.1. The Morgan fingerprint density at radius 2 is 0.958 bits per heavy atom. The normalized spacial score (nSPS) is 19.5. The number of fused-ring (bicyclic) bond motifs is 6. The number of carboxylic acid groups (broad SMARTS) is 1.